The highest BCUT2D eigenvalue weighted by molar-refractivity contribution is 5.79. The van der Waals surface area contributed by atoms with Crippen LogP contribution in [0.3, 0.4) is 0 Å². The second-order valence-electron chi connectivity index (χ2n) is 3.88. The first-order chi connectivity index (χ1) is 7.15. The molecular weight excluding hydrogens is 202 g/mol. The number of carbonyl (C=O) groups excluding carboxylic acids is 1. The average molecular weight is 220 g/mol. The van der Waals surface area contributed by atoms with Crippen LogP contribution in [0, 0.1) is 0 Å². The third-order valence-electron chi connectivity index (χ3n) is 2.60. The van der Waals surface area contributed by atoms with Gasteiger partial charge in [-0.05, 0) is 25.8 Å². The monoisotopic (exact) mass is 220 g/mol. The molecule has 88 valence electrons. The molecule has 1 amide bonds. The molecule has 5 heteroatoms. The third kappa shape index (κ3) is 3.74. The highest BCUT2D eigenvalue weighted by atomic mass is 19.3. The Morgan fingerprint density at radius 1 is 1.60 bits per heavy atom. The van der Waals surface area contributed by atoms with Crippen LogP contribution in [-0.2, 0) is 4.79 Å². The summed E-state index contributed by atoms with van der Waals surface area (Å²) < 4.78 is 24.5. The molecule has 0 radical (unpaired) electrons. The summed E-state index contributed by atoms with van der Waals surface area (Å²) in [5.41, 5.74) is 0. The lowest BCUT2D eigenvalue weighted by atomic mass is 10.2. The Morgan fingerprint density at radius 3 is 2.80 bits per heavy atom. The second-order valence-corrected chi connectivity index (χ2v) is 3.88. The third-order valence-corrected chi connectivity index (χ3v) is 2.60. The summed E-state index contributed by atoms with van der Waals surface area (Å²) in [6.07, 6.45) is -0.131. The molecule has 0 aliphatic carbocycles. The van der Waals surface area contributed by atoms with Gasteiger partial charge in [-0.1, -0.05) is 6.92 Å². The topological polar surface area (TPSA) is 32.3 Å². The van der Waals surface area contributed by atoms with Crippen molar-refractivity contribution < 1.29 is 13.6 Å². The number of rotatable bonds is 5. The number of halogens is 2. The van der Waals surface area contributed by atoms with Crippen molar-refractivity contribution in [3.05, 3.63) is 0 Å². The molecule has 1 atom stereocenters. The molecule has 15 heavy (non-hydrogen) atoms. The SMILES string of the molecule is CCCN(CC1CCCN1)C(=O)C(F)F. The van der Waals surface area contributed by atoms with Gasteiger partial charge in [0.15, 0.2) is 0 Å². The Bertz CT molecular complexity index is 206. The molecule has 0 aromatic heterocycles. The van der Waals surface area contributed by atoms with Crippen LogP contribution in [0.15, 0.2) is 0 Å². The molecule has 1 aliphatic heterocycles. The summed E-state index contributed by atoms with van der Waals surface area (Å²) in [6, 6.07) is 0.194. The van der Waals surface area contributed by atoms with Crippen LogP contribution in [0.25, 0.3) is 0 Å². The highest BCUT2D eigenvalue weighted by Crippen LogP contribution is 2.09. The van der Waals surface area contributed by atoms with Gasteiger partial charge in [-0.25, -0.2) is 0 Å². The van der Waals surface area contributed by atoms with Crippen LogP contribution in [-0.4, -0.2) is 42.9 Å². The summed E-state index contributed by atoms with van der Waals surface area (Å²) in [7, 11) is 0. The zero-order valence-corrected chi connectivity index (χ0v) is 9.01. The van der Waals surface area contributed by atoms with Gasteiger partial charge in [0.05, 0.1) is 0 Å². The predicted octanol–water partition coefficient (Wildman–Crippen LogP) is 1.24. The van der Waals surface area contributed by atoms with E-state index in [1.54, 1.807) is 0 Å². The zero-order chi connectivity index (χ0) is 11.3. The van der Waals surface area contributed by atoms with Gasteiger partial charge in [-0.2, -0.15) is 8.78 Å². The predicted molar refractivity (Wildman–Crippen MR) is 53.9 cm³/mol. The molecule has 0 aromatic rings. The van der Waals surface area contributed by atoms with E-state index in [0.29, 0.717) is 19.5 Å². The van der Waals surface area contributed by atoms with E-state index in [9.17, 15) is 13.6 Å². The lowest BCUT2D eigenvalue weighted by Crippen LogP contribution is -2.43. The number of amides is 1. The summed E-state index contributed by atoms with van der Waals surface area (Å²) in [5, 5.41) is 3.20. The summed E-state index contributed by atoms with van der Waals surface area (Å²) >= 11 is 0. The Labute approximate surface area is 88.8 Å². The molecule has 0 aromatic carbocycles. The van der Waals surface area contributed by atoms with E-state index in [-0.39, 0.29) is 6.04 Å². The van der Waals surface area contributed by atoms with E-state index in [4.69, 9.17) is 0 Å². The van der Waals surface area contributed by atoms with E-state index in [0.717, 1.165) is 19.4 Å². The maximum absolute atomic E-state index is 12.3. The van der Waals surface area contributed by atoms with Gasteiger partial charge in [-0.15, -0.1) is 0 Å². The van der Waals surface area contributed by atoms with Crippen molar-refractivity contribution in [2.75, 3.05) is 19.6 Å². The van der Waals surface area contributed by atoms with Crippen molar-refractivity contribution in [3.63, 3.8) is 0 Å². The van der Waals surface area contributed by atoms with Crippen molar-refractivity contribution in [2.24, 2.45) is 0 Å². The number of alkyl halides is 2. The molecule has 1 rings (SSSR count). The minimum atomic E-state index is -2.88. The first-order valence-electron chi connectivity index (χ1n) is 5.45. The minimum Gasteiger partial charge on any atom is -0.336 e. The molecule has 1 heterocycles. The van der Waals surface area contributed by atoms with Crippen LogP contribution in [0.2, 0.25) is 0 Å². The fraction of sp³-hybridized carbons (Fsp3) is 0.900. The van der Waals surface area contributed by atoms with Crippen molar-refractivity contribution in [3.8, 4) is 0 Å². The number of carbonyl (C=O) groups is 1. The molecule has 1 unspecified atom stereocenters. The van der Waals surface area contributed by atoms with E-state index < -0.39 is 12.3 Å². The summed E-state index contributed by atoms with van der Waals surface area (Å²) in [6.45, 7) is 3.64. The van der Waals surface area contributed by atoms with Crippen LogP contribution in [0.1, 0.15) is 26.2 Å². The molecule has 0 saturated carbocycles. The van der Waals surface area contributed by atoms with Crippen molar-refractivity contribution >= 4 is 5.91 Å². The number of hydrogen-bond acceptors (Lipinski definition) is 2. The maximum Gasteiger partial charge on any atom is 0.315 e. The van der Waals surface area contributed by atoms with Gasteiger partial charge in [0.2, 0.25) is 0 Å². The van der Waals surface area contributed by atoms with Gasteiger partial charge >= 0.3 is 6.43 Å². The lowest BCUT2D eigenvalue weighted by molar-refractivity contribution is -0.143. The smallest absolute Gasteiger partial charge is 0.315 e. The van der Waals surface area contributed by atoms with Gasteiger partial charge in [0.1, 0.15) is 0 Å². The van der Waals surface area contributed by atoms with E-state index in [1.807, 2.05) is 6.92 Å². The van der Waals surface area contributed by atoms with Crippen LogP contribution < -0.4 is 5.32 Å². The van der Waals surface area contributed by atoms with E-state index in [2.05, 4.69) is 5.32 Å². The van der Waals surface area contributed by atoms with Crippen molar-refractivity contribution in [1.29, 1.82) is 0 Å². The van der Waals surface area contributed by atoms with Crippen LogP contribution in [0.5, 0.6) is 0 Å². The molecule has 1 saturated heterocycles. The van der Waals surface area contributed by atoms with Crippen molar-refractivity contribution in [2.45, 2.75) is 38.7 Å². The number of nitrogens with zero attached hydrogens (tertiary/aromatic N) is 1. The van der Waals surface area contributed by atoms with Crippen LogP contribution in [0.4, 0.5) is 8.78 Å². The Balaban J connectivity index is 2.45. The Hall–Kier alpha value is -0.710. The summed E-state index contributed by atoms with van der Waals surface area (Å²) in [4.78, 5) is 12.4. The standard InChI is InChI=1S/C10H18F2N2O/c1-2-6-14(10(15)9(11)12)7-8-4-3-5-13-8/h8-9,13H,2-7H2,1H3. The van der Waals surface area contributed by atoms with Gasteiger partial charge in [-0.3, -0.25) is 4.79 Å². The highest BCUT2D eigenvalue weighted by Gasteiger charge is 2.26. The van der Waals surface area contributed by atoms with Gasteiger partial charge in [0.25, 0.3) is 5.91 Å². The molecule has 0 bridgehead atoms. The number of hydrogen-bond donors (Lipinski definition) is 1. The van der Waals surface area contributed by atoms with Crippen molar-refractivity contribution in [1.82, 2.24) is 10.2 Å². The molecule has 0 spiro atoms. The van der Waals surface area contributed by atoms with Crippen LogP contribution >= 0.6 is 0 Å². The fourth-order valence-electron chi connectivity index (χ4n) is 1.88. The number of nitrogens with one attached hydrogen (secondary N) is 1. The Kier molecular flexibility index (Phi) is 4.94. The first kappa shape index (κ1) is 12.4. The largest absolute Gasteiger partial charge is 0.336 e. The average Bonchev–Trinajstić information content (AvgIpc) is 2.68. The van der Waals surface area contributed by atoms with Gasteiger partial charge in [0, 0.05) is 19.1 Å². The maximum atomic E-state index is 12.3. The molecule has 1 aliphatic rings. The fourth-order valence-corrected chi connectivity index (χ4v) is 1.88. The molecule has 1 N–H and O–H groups in total. The van der Waals surface area contributed by atoms with E-state index >= 15 is 0 Å². The molecule has 1 fully saturated rings. The summed E-state index contributed by atoms with van der Waals surface area (Å²) in [5.74, 6) is -1.04. The normalized spacial score (nSPS) is 20.9. The quantitative estimate of drug-likeness (QED) is 0.756. The molecule has 3 nitrogen and oxygen atoms in total. The second kappa shape index (κ2) is 6.00. The zero-order valence-electron chi connectivity index (χ0n) is 9.01. The first-order valence-corrected chi connectivity index (χ1v) is 5.45. The van der Waals surface area contributed by atoms with Gasteiger partial charge < -0.3 is 10.2 Å². The lowest BCUT2D eigenvalue weighted by Gasteiger charge is -2.25. The van der Waals surface area contributed by atoms with E-state index in [1.165, 1.54) is 4.90 Å². The minimum absolute atomic E-state index is 0.194. The Morgan fingerprint density at radius 2 is 2.33 bits per heavy atom. The molecular formula is C10H18F2N2O.